The average Bonchev–Trinajstić information content (AvgIpc) is 0.811. The number of hydrogen-bond donors (Lipinski definition) is 0. The molecule has 0 spiro atoms. The van der Waals surface area contributed by atoms with Gasteiger partial charge in [-0.15, -0.1) is 0 Å². The third-order valence-corrected chi connectivity index (χ3v) is 0. The molecule has 30 valence electrons. The summed E-state index contributed by atoms with van der Waals surface area (Å²) in [6.45, 7) is 0. The first-order valence-corrected chi connectivity index (χ1v) is 3.35. The molecule has 0 unspecified atom stereocenters. The van der Waals surface area contributed by atoms with Crippen molar-refractivity contribution >= 4 is 75.0 Å². The Morgan fingerprint density at radius 2 is 1.17 bits per heavy atom. The van der Waals surface area contributed by atoms with Crippen LogP contribution < -0.4 is 6.94 Å². The smallest absolute Gasteiger partial charge is 1.00 e. The van der Waals surface area contributed by atoms with Crippen LogP contribution in [0.4, 0.5) is 0 Å². The van der Waals surface area contributed by atoms with E-state index >= 15 is 0 Å². The molecule has 6 heteroatoms. The van der Waals surface area contributed by atoms with E-state index in [-0.39, 0.29) is 54.6 Å². The van der Waals surface area contributed by atoms with Crippen LogP contribution in [0.5, 0.6) is 0 Å². The van der Waals surface area contributed by atoms with Crippen LogP contribution in [-0.2, 0) is 3.10 Å². The van der Waals surface area contributed by atoms with Crippen molar-refractivity contribution in [2.24, 2.45) is 0 Å². The Hall–Kier alpha value is 2.35. The number of hydrogen-bond acceptors (Lipinski definition) is 3. The first-order valence-electron chi connectivity index (χ1n) is 0.500. The molecule has 0 saturated heterocycles. The second-order valence-corrected chi connectivity index (χ2v) is 1.37. The zero-order valence-corrected chi connectivity index (χ0v) is 14.1. The Bertz CT molecular complexity index is 31.8. The molecule has 0 atom stereocenters. The van der Waals surface area contributed by atoms with E-state index in [9.17, 15) is 0 Å². The van der Waals surface area contributed by atoms with E-state index in [0.717, 1.165) is 0 Å². The molecule has 0 bridgehead atoms. The summed E-state index contributed by atoms with van der Waals surface area (Å²) in [5.74, 6) is 0. The first-order chi connectivity index (χ1) is 1.73. The SMILES string of the molecule is O=[Te]([O-])[O-].[Tl+].[Tl+]. The molecule has 0 rings (SSSR count). The third-order valence-electron chi connectivity index (χ3n) is 0. The van der Waals surface area contributed by atoms with Gasteiger partial charge in [-0.25, -0.2) is 0 Å². The molecule has 0 aromatic carbocycles. The molecule has 0 aromatic heterocycles. The van der Waals surface area contributed by atoms with E-state index in [2.05, 4.69) is 0 Å². The van der Waals surface area contributed by atoms with Gasteiger partial charge in [-0.3, -0.25) is 0 Å². The third kappa shape index (κ3) is 32.9. The first kappa shape index (κ1) is 15.8. The fourth-order valence-corrected chi connectivity index (χ4v) is 0. The summed E-state index contributed by atoms with van der Waals surface area (Å²) in [6, 6.07) is 0. The van der Waals surface area contributed by atoms with Crippen molar-refractivity contribution in [3.8, 4) is 0 Å². The molecule has 3 nitrogen and oxygen atoms in total. The molecular formula is O3TeTl2. The predicted molar refractivity (Wildman–Crippen MR) is 17.9 cm³/mol. The molecule has 0 amide bonds. The van der Waals surface area contributed by atoms with Crippen LogP contribution in [0.1, 0.15) is 0 Å². The molecule has 0 heterocycles. The molecule has 0 radical (unpaired) electrons. The Labute approximate surface area is 83.5 Å². The van der Waals surface area contributed by atoms with Gasteiger partial charge in [0.2, 0.25) is 0 Å². The summed E-state index contributed by atoms with van der Waals surface area (Å²) in [5, 5.41) is 0. The van der Waals surface area contributed by atoms with Crippen molar-refractivity contribution in [1.29, 1.82) is 0 Å². The standard InChI is InChI=1S/H2O3Te.2Tl/c1-4(2)3;;/h(H2,1,2,3);;/q;2*+1/p-2. The van der Waals surface area contributed by atoms with Gasteiger partial charge in [0, 0.05) is 0 Å². The molecule has 6 heavy (non-hydrogen) atoms. The predicted octanol–water partition coefficient (Wildman–Crippen LogP) is -3.64. The van der Waals surface area contributed by atoms with Gasteiger partial charge >= 0.3 is 85.0 Å². The minimum absolute atomic E-state index is 0. The van der Waals surface area contributed by atoms with Crippen LogP contribution in [-0.4, -0.2) is 75.0 Å². The summed E-state index contributed by atoms with van der Waals surface area (Å²) in [6.07, 6.45) is 0. The van der Waals surface area contributed by atoms with Gasteiger partial charge in [-0.1, -0.05) is 0 Å². The second kappa shape index (κ2) is 10.4. The van der Waals surface area contributed by atoms with E-state index in [0.29, 0.717) is 0 Å². The van der Waals surface area contributed by atoms with Gasteiger partial charge in [-0.2, -0.15) is 0 Å². The van der Waals surface area contributed by atoms with Crippen LogP contribution >= 0.6 is 0 Å². The van der Waals surface area contributed by atoms with Gasteiger partial charge in [0.1, 0.15) is 0 Å². The monoisotopic (exact) mass is 588 g/mol. The molecule has 0 saturated carbocycles. The Morgan fingerprint density at radius 1 is 1.17 bits per heavy atom. The van der Waals surface area contributed by atoms with Gasteiger partial charge in [-0.05, 0) is 0 Å². The minimum atomic E-state index is -4.11. The normalized spacial score (nSPS) is 5.83. The molecule has 0 fully saturated rings. The summed E-state index contributed by atoms with van der Waals surface area (Å²) in [5.41, 5.74) is 0. The Balaban J connectivity index is -0.0000000450. The Kier molecular flexibility index (Phi) is 27.2. The van der Waals surface area contributed by atoms with E-state index in [1.165, 1.54) is 0 Å². The largest absolute Gasteiger partial charge is 1.00 e. The maximum atomic E-state index is 8.59. The second-order valence-electron chi connectivity index (χ2n) is 0.204. The minimum Gasteiger partial charge on any atom is 1.00 e. The van der Waals surface area contributed by atoms with Crippen molar-refractivity contribution in [2.75, 3.05) is 0 Å². The quantitative estimate of drug-likeness (QED) is 0.277. The zero-order chi connectivity index (χ0) is 3.58. The fraction of sp³-hybridized carbons (Fsp3) is 0. The molecule has 0 aliphatic carbocycles. The number of rotatable bonds is 0. The van der Waals surface area contributed by atoms with Crippen LogP contribution in [0.15, 0.2) is 0 Å². The van der Waals surface area contributed by atoms with Crippen molar-refractivity contribution < 1.29 is 10.0 Å². The topological polar surface area (TPSA) is 63.2 Å². The molecule has 0 aliphatic rings. The molecule has 0 aliphatic heterocycles. The summed E-state index contributed by atoms with van der Waals surface area (Å²) >= 11 is -4.11. The van der Waals surface area contributed by atoms with Crippen LogP contribution in [0.3, 0.4) is 0 Å². The van der Waals surface area contributed by atoms with Gasteiger partial charge in [0.25, 0.3) is 0 Å². The van der Waals surface area contributed by atoms with E-state index in [1.807, 2.05) is 0 Å². The van der Waals surface area contributed by atoms with Crippen LogP contribution in [0.25, 0.3) is 0 Å². The van der Waals surface area contributed by atoms with Crippen molar-refractivity contribution in [3.63, 3.8) is 0 Å². The maximum absolute atomic E-state index is 8.59. The van der Waals surface area contributed by atoms with E-state index < -0.39 is 20.4 Å². The van der Waals surface area contributed by atoms with Crippen molar-refractivity contribution in [2.45, 2.75) is 0 Å². The average molecular weight is 584 g/mol. The van der Waals surface area contributed by atoms with Gasteiger partial charge in [0.05, 0.1) is 0 Å². The summed E-state index contributed by atoms with van der Waals surface area (Å²) < 4.78 is 25.8. The van der Waals surface area contributed by atoms with Crippen LogP contribution in [0.2, 0.25) is 0 Å². The molecular weight excluding hydrogens is 584 g/mol. The summed E-state index contributed by atoms with van der Waals surface area (Å²) in [7, 11) is 0. The maximum Gasteiger partial charge on any atom is 1.00 e. The van der Waals surface area contributed by atoms with Gasteiger partial charge < -0.3 is 0 Å². The summed E-state index contributed by atoms with van der Waals surface area (Å²) in [4.78, 5) is 0. The zero-order valence-electron chi connectivity index (χ0n) is 2.79. The Morgan fingerprint density at radius 3 is 1.17 bits per heavy atom. The fourth-order valence-electron chi connectivity index (χ4n) is 0. The van der Waals surface area contributed by atoms with E-state index in [1.54, 1.807) is 0 Å². The van der Waals surface area contributed by atoms with Gasteiger partial charge in [0.15, 0.2) is 0 Å². The van der Waals surface area contributed by atoms with E-state index in [4.69, 9.17) is 10.0 Å². The molecule has 0 N–H and O–H groups in total. The van der Waals surface area contributed by atoms with Crippen LogP contribution in [0, 0.1) is 0 Å². The van der Waals surface area contributed by atoms with Crippen molar-refractivity contribution in [1.82, 2.24) is 0 Å². The molecule has 0 aromatic rings. The van der Waals surface area contributed by atoms with Crippen molar-refractivity contribution in [3.05, 3.63) is 0 Å².